The lowest BCUT2D eigenvalue weighted by molar-refractivity contribution is 0.0684. The molecule has 0 aromatic carbocycles. The van der Waals surface area contributed by atoms with Crippen LogP contribution in [-0.4, -0.2) is 43.4 Å². The van der Waals surface area contributed by atoms with E-state index in [9.17, 15) is 9.59 Å². The molecule has 0 radical (unpaired) electrons. The van der Waals surface area contributed by atoms with Gasteiger partial charge in [-0.2, -0.15) is 0 Å². The van der Waals surface area contributed by atoms with Crippen molar-refractivity contribution < 1.29 is 4.79 Å². The molecule has 1 N–H and O–H groups in total. The minimum atomic E-state index is -0.198. The molecule has 7 nitrogen and oxygen atoms in total. The molecule has 3 aromatic heterocycles. The van der Waals surface area contributed by atoms with Crippen LogP contribution in [0.5, 0.6) is 0 Å². The predicted octanol–water partition coefficient (Wildman–Crippen LogP) is 1.66. The summed E-state index contributed by atoms with van der Waals surface area (Å²) in [5.74, 6) is 0.0345. The number of carbonyl (C=O) groups excluding carboxylic acids is 1. The highest BCUT2D eigenvalue weighted by Crippen LogP contribution is 2.24. The van der Waals surface area contributed by atoms with Gasteiger partial charge >= 0.3 is 5.69 Å². The zero-order valence-corrected chi connectivity index (χ0v) is 13.1. The number of amides is 1. The van der Waals surface area contributed by atoms with Crippen LogP contribution in [0.3, 0.4) is 0 Å². The van der Waals surface area contributed by atoms with Crippen molar-refractivity contribution in [1.29, 1.82) is 0 Å². The lowest BCUT2D eigenvalue weighted by Crippen LogP contribution is -2.42. The molecule has 3 aromatic rings. The second kappa shape index (κ2) is 5.62. The highest BCUT2D eigenvalue weighted by atomic mass is 32.1. The number of imidazole rings is 1. The molecule has 118 valence electrons. The largest absolute Gasteiger partial charge is 0.336 e. The van der Waals surface area contributed by atoms with Crippen LogP contribution in [-0.2, 0) is 0 Å². The number of carbonyl (C=O) groups is 1. The maximum absolute atomic E-state index is 12.5. The Bertz CT molecular complexity index is 898. The Balaban J connectivity index is 1.65. The number of rotatable bonds is 2. The van der Waals surface area contributed by atoms with Gasteiger partial charge in [0.15, 0.2) is 5.65 Å². The van der Waals surface area contributed by atoms with Gasteiger partial charge in [0.1, 0.15) is 11.8 Å². The highest BCUT2D eigenvalue weighted by molar-refractivity contribution is 7.12. The van der Waals surface area contributed by atoms with Crippen LogP contribution in [0.15, 0.2) is 34.8 Å². The third kappa shape index (κ3) is 2.44. The summed E-state index contributed by atoms with van der Waals surface area (Å²) >= 11 is 1.44. The van der Waals surface area contributed by atoms with Crippen molar-refractivity contribution in [2.45, 2.75) is 18.9 Å². The van der Waals surface area contributed by atoms with Crippen LogP contribution in [0.2, 0.25) is 0 Å². The number of H-pyrrole nitrogens is 1. The SMILES string of the molecule is O=C(c1cccs1)N1CCC[C@H](n2c(=O)[nH]c3cncnc32)C1. The van der Waals surface area contributed by atoms with E-state index >= 15 is 0 Å². The van der Waals surface area contributed by atoms with Crippen LogP contribution in [0.25, 0.3) is 11.2 Å². The van der Waals surface area contributed by atoms with Crippen LogP contribution < -0.4 is 5.69 Å². The summed E-state index contributed by atoms with van der Waals surface area (Å²) in [6.07, 6.45) is 4.75. The first-order valence-electron chi connectivity index (χ1n) is 7.47. The second-order valence-corrected chi connectivity index (χ2v) is 6.53. The van der Waals surface area contributed by atoms with Crippen molar-refractivity contribution in [3.63, 3.8) is 0 Å². The van der Waals surface area contributed by atoms with Gasteiger partial charge in [-0.25, -0.2) is 14.8 Å². The first kappa shape index (κ1) is 14.1. The van der Waals surface area contributed by atoms with Crippen LogP contribution >= 0.6 is 11.3 Å². The van der Waals surface area contributed by atoms with Crippen molar-refractivity contribution in [3.8, 4) is 0 Å². The molecule has 1 atom stereocenters. The Labute approximate surface area is 135 Å². The van der Waals surface area contributed by atoms with Crippen LogP contribution in [0.4, 0.5) is 0 Å². The van der Waals surface area contributed by atoms with E-state index in [2.05, 4.69) is 15.0 Å². The molecule has 23 heavy (non-hydrogen) atoms. The Kier molecular flexibility index (Phi) is 3.45. The van der Waals surface area contributed by atoms with Gasteiger partial charge in [0.25, 0.3) is 5.91 Å². The number of piperidine rings is 1. The molecule has 1 saturated heterocycles. The molecule has 0 aliphatic carbocycles. The van der Waals surface area contributed by atoms with Crippen molar-refractivity contribution in [2.24, 2.45) is 0 Å². The van der Waals surface area contributed by atoms with Crippen molar-refractivity contribution in [1.82, 2.24) is 24.4 Å². The molecule has 0 spiro atoms. The first-order valence-corrected chi connectivity index (χ1v) is 8.35. The third-order valence-electron chi connectivity index (χ3n) is 4.16. The predicted molar refractivity (Wildman–Crippen MR) is 86.6 cm³/mol. The van der Waals surface area contributed by atoms with Crippen molar-refractivity contribution >= 4 is 28.4 Å². The molecule has 1 aliphatic rings. The van der Waals surface area contributed by atoms with E-state index < -0.39 is 0 Å². The van der Waals surface area contributed by atoms with E-state index in [4.69, 9.17) is 0 Å². The average molecular weight is 329 g/mol. The summed E-state index contributed by atoms with van der Waals surface area (Å²) in [4.78, 5) is 38.3. The topological polar surface area (TPSA) is 83.9 Å². The number of hydrogen-bond acceptors (Lipinski definition) is 5. The fraction of sp³-hybridized carbons (Fsp3) is 0.333. The van der Waals surface area contributed by atoms with Gasteiger partial charge in [0, 0.05) is 13.1 Å². The Morgan fingerprint density at radius 3 is 3.17 bits per heavy atom. The van der Waals surface area contributed by atoms with Crippen molar-refractivity contribution in [3.05, 3.63) is 45.4 Å². The van der Waals surface area contributed by atoms with E-state index in [1.165, 1.54) is 17.7 Å². The van der Waals surface area contributed by atoms with Gasteiger partial charge in [0.05, 0.1) is 17.1 Å². The normalized spacial score (nSPS) is 18.4. The Hall–Kier alpha value is -2.48. The fourth-order valence-corrected chi connectivity index (χ4v) is 3.81. The van der Waals surface area contributed by atoms with E-state index in [-0.39, 0.29) is 17.6 Å². The van der Waals surface area contributed by atoms with Gasteiger partial charge in [-0.3, -0.25) is 9.36 Å². The number of aromatic amines is 1. The monoisotopic (exact) mass is 329 g/mol. The molecule has 4 heterocycles. The van der Waals surface area contributed by atoms with E-state index in [1.54, 1.807) is 10.8 Å². The molecule has 0 bridgehead atoms. The Morgan fingerprint density at radius 1 is 1.43 bits per heavy atom. The molecule has 4 rings (SSSR count). The summed E-state index contributed by atoms with van der Waals surface area (Å²) in [7, 11) is 0. The summed E-state index contributed by atoms with van der Waals surface area (Å²) in [5, 5.41) is 1.90. The summed E-state index contributed by atoms with van der Waals surface area (Å²) in [6, 6.07) is 3.64. The Morgan fingerprint density at radius 2 is 2.35 bits per heavy atom. The number of nitrogens with one attached hydrogen (secondary N) is 1. The standard InChI is InChI=1S/C15H15N5O2S/c21-14(12-4-2-6-23-12)19-5-1-3-10(8-19)20-13-11(18-15(20)22)7-16-9-17-13/h2,4,6-7,9-10H,1,3,5,8H2,(H,18,22)/t10-/m0/s1. The molecular weight excluding hydrogens is 314 g/mol. The zero-order valence-electron chi connectivity index (χ0n) is 12.3. The molecule has 0 saturated carbocycles. The molecule has 1 amide bonds. The summed E-state index contributed by atoms with van der Waals surface area (Å²) < 4.78 is 1.66. The average Bonchev–Trinajstić information content (AvgIpc) is 3.21. The summed E-state index contributed by atoms with van der Waals surface area (Å²) in [5.41, 5.74) is 1.02. The number of hydrogen-bond donors (Lipinski definition) is 1. The maximum atomic E-state index is 12.5. The number of likely N-dealkylation sites (tertiary alicyclic amines) is 1. The van der Waals surface area contributed by atoms with Gasteiger partial charge < -0.3 is 9.88 Å². The van der Waals surface area contributed by atoms with E-state index in [1.807, 2.05) is 22.4 Å². The first-order chi connectivity index (χ1) is 11.2. The molecule has 1 fully saturated rings. The van der Waals surface area contributed by atoms with E-state index in [0.29, 0.717) is 17.7 Å². The smallest absolute Gasteiger partial charge is 0.328 e. The highest BCUT2D eigenvalue weighted by Gasteiger charge is 2.28. The maximum Gasteiger partial charge on any atom is 0.328 e. The fourth-order valence-electron chi connectivity index (χ4n) is 3.12. The lowest BCUT2D eigenvalue weighted by atomic mass is 10.1. The van der Waals surface area contributed by atoms with Gasteiger partial charge in [-0.05, 0) is 24.3 Å². The molecular formula is C15H15N5O2S. The zero-order chi connectivity index (χ0) is 15.8. The number of fused-ring (bicyclic) bond motifs is 1. The van der Waals surface area contributed by atoms with E-state index in [0.717, 1.165) is 24.3 Å². The van der Waals surface area contributed by atoms with Gasteiger partial charge in [0.2, 0.25) is 0 Å². The molecule has 1 aliphatic heterocycles. The quantitative estimate of drug-likeness (QED) is 0.775. The number of aromatic nitrogens is 4. The molecule has 8 heteroatoms. The lowest BCUT2D eigenvalue weighted by Gasteiger charge is -2.32. The van der Waals surface area contributed by atoms with Crippen LogP contribution in [0.1, 0.15) is 28.6 Å². The van der Waals surface area contributed by atoms with Crippen molar-refractivity contribution in [2.75, 3.05) is 13.1 Å². The minimum absolute atomic E-state index is 0.0345. The minimum Gasteiger partial charge on any atom is -0.336 e. The molecule has 0 unspecified atom stereocenters. The van der Waals surface area contributed by atoms with Gasteiger partial charge in [-0.1, -0.05) is 6.07 Å². The summed E-state index contributed by atoms with van der Waals surface area (Å²) in [6.45, 7) is 1.24. The second-order valence-electron chi connectivity index (χ2n) is 5.58. The van der Waals surface area contributed by atoms with Crippen LogP contribution in [0, 0.1) is 0 Å². The van der Waals surface area contributed by atoms with Gasteiger partial charge in [-0.15, -0.1) is 11.3 Å². The third-order valence-corrected chi connectivity index (χ3v) is 5.02. The number of thiophene rings is 1. The number of nitrogens with zero attached hydrogens (tertiary/aromatic N) is 4.